The van der Waals surface area contributed by atoms with E-state index in [2.05, 4.69) is 6.92 Å². The summed E-state index contributed by atoms with van der Waals surface area (Å²) in [7, 11) is 0. The Morgan fingerprint density at radius 2 is 2.25 bits per heavy atom. The van der Waals surface area contributed by atoms with Crippen molar-refractivity contribution < 1.29 is 4.74 Å². The average Bonchev–Trinajstić information content (AvgIpc) is 2.44. The van der Waals surface area contributed by atoms with Gasteiger partial charge in [0.15, 0.2) is 0 Å². The Balaban J connectivity index is 2.02. The topological polar surface area (TPSA) is 35.2 Å². The molecule has 2 aliphatic rings. The smallest absolute Gasteiger partial charge is 0.0611 e. The van der Waals surface area contributed by atoms with Crippen LogP contribution in [-0.4, -0.2) is 18.8 Å². The van der Waals surface area contributed by atoms with E-state index in [0.717, 1.165) is 18.4 Å². The van der Waals surface area contributed by atoms with Crippen LogP contribution in [0.4, 0.5) is 0 Å². The molecule has 0 unspecified atom stereocenters. The third kappa shape index (κ3) is 1.38. The highest BCUT2D eigenvalue weighted by Crippen LogP contribution is 2.40. The SMILES string of the molecule is C[C@@H]1C[C@@H]2[C@H](CN)CCC[C@@H]2O1. The van der Waals surface area contributed by atoms with Gasteiger partial charge in [0.05, 0.1) is 12.2 Å². The second kappa shape index (κ2) is 3.35. The molecule has 4 atom stereocenters. The van der Waals surface area contributed by atoms with Gasteiger partial charge in [0.25, 0.3) is 0 Å². The van der Waals surface area contributed by atoms with Crippen LogP contribution in [0.2, 0.25) is 0 Å². The van der Waals surface area contributed by atoms with Gasteiger partial charge < -0.3 is 10.5 Å². The van der Waals surface area contributed by atoms with Crippen LogP contribution < -0.4 is 5.73 Å². The molecule has 2 heteroatoms. The van der Waals surface area contributed by atoms with Gasteiger partial charge in [-0.05, 0) is 44.6 Å². The third-order valence-corrected chi connectivity index (χ3v) is 3.46. The molecule has 0 radical (unpaired) electrons. The fraction of sp³-hybridized carbons (Fsp3) is 1.00. The predicted molar refractivity (Wildman–Crippen MR) is 48.8 cm³/mol. The van der Waals surface area contributed by atoms with Gasteiger partial charge in [-0.15, -0.1) is 0 Å². The molecule has 2 N–H and O–H groups in total. The molecule has 2 fully saturated rings. The standard InChI is InChI=1S/C10H19NO/c1-7-5-9-8(6-11)3-2-4-10(9)12-7/h7-10H,2-6,11H2,1H3/t7-,8+,9-,10+/m1/s1. The maximum atomic E-state index is 5.84. The van der Waals surface area contributed by atoms with Crippen molar-refractivity contribution in [1.29, 1.82) is 0 Å². The van der Waals surface area contributed by atoms with E-state index in [0.29, 0.717) is 12.2 Å². The van der Waals surface area contributed by atoms with Crippen molar-refractivity contribution in [3.05, 3.63) is 0 Å². The van der Waals surface area contributed by atoms with Crippen molar-refractivity contribution in [1.82, 2.24) is 0 Å². The molecule has 0 aromatic heterocycles. The number of rotatable bonds is 1. The van der Waals surface area contributed by atoms with Crippen molar-refractivity contribution in [2.45, 2.75) is 44.8 Å². The van der Waals surface area contributed by atoms with Crippen LogP contribution in [0.5, 0.6) is 0 Å². The van der Waals surface area contributed by atoms with Gasteiger partial charge in [-0.2, -0.15) is 0 Å². The number of ether oxygens (including phenoxy) is 1. The lowest BCUT2D eigenvalue weighted by Crippen LogP contribution is -2.33. The van der Waals surface area contributed by atoms with Crippen LogP contribution >= 0.6 is 0 Å². The minimum atomic E-state index is 0.479. The van der Waals surface area contributed by atoms with Crippen LogP contribution in [0.25, 0.3) is 0 Å². The van der Waals surface area contributed by atoms with Gasteiger partial charge in [0, 0.05) is 0 Å². The summed E-state index contributed by atoms with van der Waals surface area (Å²) in [6.07, 6.45) is 6.18. The van der Waals surface area contributed by atoms with Gasteiger partial charge in [-0.3, -0.25) is 0 Å². The Kier molecular flexibility index (Phi) is 2.37. The molecule has 0 aromatic carbocycles. The van der Waals surface area contributed by atoms with Gasteiger partial charge in [-0.25, -0.2) is 0 Å². The van der Waals surface area contributed by atoms with Crippen LogP contribution in [0.1, 0.15) is 32.6 Å². The maximum absolute atomic E-state index is 5.84. The summed E-state index contributed by atoms with van der Waals surface area (Å²) in [4.78, 5) is 0. The molecule has 1 aliphatic heterocycles. The van der Waals surface area contributed by atoms with E-state index in [-0.39, 0.29) is 0 Å². The second-order valence-electron chi connectivity index (χ2n) is 4.31. The zero-order valence-corrected chi connectivity index (χ0v) is 7.83. The van der Waals surface area contributed by atoms with E-state index in [1.54, 1.807) is 0 Å². The van der Waals surface area contributed by atoms with E-state index in [1.165, 1.54) is 25.7 Å². The molecule has 1 aliphatic carbocycles. The zero-order valence-electron chi connectivity index (χ0n) is 7.83. The summed E-state index contributed by atoms with van der Waals surface area (Å²) in [5.41, 5.74) is 5.75. The maximum Gasteiger partial charge on any atom is 0.0611 e. The Labute approximate surface area is 74.5 Å². The van der Waals surface area contributed by atoms with Crippen LogP contribution in [0, 0.1) is 11.8 Å². The van der Waals surface area contributed by atoms with Crippen molar-refractivity contribution >= 4 is 0 Å². The minimum Gasteiger partial charge on any atom is -0.375 e. The predicted octanol–water partition coefficient (Wildman–Crippen LogP) is 1.54. The molecule has 1 heterocycles. The van der Waals surface area contributed by atoms with E-state index >= 15 is 0 Å². The Morgan fingerprint density at radius 3 is 3.00 bits per heavy atom. The summed E-state index contributed by atoms with van der Waals surface area (Å²) in [6, 6.07) is 0. The van der Waals surface area contributed by atoms with Crippen LogP contribution in [0.3, 0.4) is 0 Å². The Bertz CT molecular complexity index is 154. The summed E-state index contributed by atoms with van der Waals surface area (Å²) in [5, 5.41) is 0. The first-order valence-corrected chi connectivity index (χ1v) is 5.16. The quantitative estimate of drug-likeness (QED) is 0.646. The van der Waals surface area contributed by atoms with Crippen LogP contribution in [0.15, 0.2) is 0 Å². The summed E-state index contributed by atoms with van der Waals surface area (Å²) in [5.74, 6) is 1.52. The first kappa shape index (κ1) is 8.52. The Hall–Kier alpha value is -0.0800. The van der Waals surface area contributed by atoms with Crippen molar-refractivity contribution in [2.24, 2.45) is 17.6 Å². The van der Waals surface area contributed by atoms with E-state index < -0.39 is 0 Å². The fourth-order valence-corrected chi connectivity index (χ4v) is 2.86. The molecule has 0 amide bonds. The Morgan fingerprint density at radius 1 is 1.42 bits per heavy atom. The van der Waals surface area contributed by atoms with Crippen molar-refractivity contribution in [3.8, 4) is 0 Å². The molecule has 12 heavy (non-hydrogen) atoms. The first-order valence-electron chi connectivity index (χ1n) is 5.16. The van der Waals surface area contributed by atoms with E-state index in [4.69, 9.17) is 10.5 Å². The molecule has 2 rings (SSSR count). The largest absolute Gasteiger partial charge is 0.375 e. The highest BCUT2D eigenvalue weighted by Gasteiger charge is 2.39. The molecule has 1 saturated carbocycles. The van der Waals surface area contributed by atoms with Crippen LogP contribution in [-0.2, 0) is 4.74 Å². The number of hydrogen-bond acceptors (Lipinski definition) is 2. The lowest BCUT2D eigenvalue weighted by atomic mass is 9.76. The van der Waals surface area contributed by atoms with Crippen molar-refractivity contribution in [3.63, 3.8) is 0 Å². The normalized spacial score (nSPS) is 47.5. The highest BCUT2D eigenvalue weighted by molar-refractivity contribution is 4.89. The lowest BCUT2D eigenvalue weighted by molar-refractivity contribution is 0.0143. The summed E-state index contributed by atoms with van der Waals surface area (Å²) >= 11 is 0. The molecule has 0 spiro atoms. The third-order valence-electron chi connectivity index (χ3n) is 3.46. The minimum absolute atomic E-state index is 0.479. The number of fused-ring (bicyclic) bond motifs is 1. The second-order valence-corrected chi connectivity index (χ2v) is 4.31. The van der Waals surface area contributed by atoms with Gasteiger partial charge in [0.2, 0.25) is 0 Å². The molecule has 1 saturated heterocycles. The first-order chi connectivity index (χ1) is 5.81. The monoisotopic (exact) mass is 169 g/mol. The molecular weight excluding hydrogens is 150 g/mol. The molecule has 2 nitrogen and oxygen atoms in total. The molecule has 0 aromatic rings. The summed E-state index contributed by atoms with van der Waals surface area (Å²) < 4.78 is 5.84. The molecular formula is C10H19NO. The fourth-order valence-electron chi connectivity index (χ4n) is 2.86. The average molecular weight is 169 g/mol. The number of nitrogens with two attached hydrogens (primary N) is 1. The van der Waals surface area contributed by atoms with Gasteiger partial charge in [0.1, 0.15) is 0 Å². The van der Waals surface area contributed by atoms with E-state index in [9.17, 15) is 0 Å². The molecule has 0 bridgehead atoms. The highest BCUT2D eigenvalue weighted by atomic mass is 16.5. The van der Waals surface area contributed by atoms with Crippen molar-refractivity contribution in [2.75, 3.05) is 6.54 Å². The van der Waals surface area contributed by atoms with Gasteiger partial charge >= 0.3 is 0 Å². The van der Waals surface area contributed by atoms with Gasteiger partial charge in [-0.1, -0.05) is 6.42 Å². The zero-order chi connectivity index (χ0) is 8.55. The van der Waals surface area contributed by atoms with E-state index in [1.807, 2.05) is 0 Å². The summed E-state index contributed by atoms with van der Waals surface area (Å²) in [6.45, 7) is 3.04. The molecule has 70 valence electrons. The lowest BCUT2D eigenvalue weighted by Gasteiger charge is -2.31. The number of hydrogen-bond donors (Lipinski definition) is 1.